The van der Waals surface area contributed by atoms with Gasteiger partial charge in [0.15, 0.2) is 0 Å². The van der Waals surface area contributed by atoms with Crippen molar-refractivity contribution < 1.29 is 28.8 Å². The Morgan fingerprint density at radius 1 is 1.10 bits per heavy atom. The molecule has 0 aliphatic heterocycles. The number of benzene rings is 1. The SMILES string of the molecule is COCCOCCOCCOc1ccc(I)cc1C(=O)O. The quantitative estimate of drug-likeness (QED) is 0.445. The average Bonchev–Trinajstić information content (AvgIpc) is 2.46. The van der Waals surface area contributed by atoms with E-state index in [-0.39, 0.29) is 5.56 Å². The van der Waals surface area contributed by atoms with Gasteiger partial charge in [0.1, 0.15) is 17.9 Å². The third kappa shape index (κ3) is 7.60. The smallest absolute Gasteiger partial charge is 0.339 e. The minimum atomic E-state index is -1.00. The van der Waals surface area contributed by atoms with Crippen LogP contribution in [-0.2, 0) is 14.2 Å². The molecule has 0 amide bonds. The van der Waals surface area contributed by atoms with E-state index in [9.17, 15) is 4.79 Å². The topological polar surface area (TPSA) is 74.2 Å². The summed E-state index contributed by atoms with van der Waals surface area (Å²) in [5.41, 5.74) is 0.157. The van der Waals surface area contributed by atoms with E-state index in [0.717, 1.165) is 3.57 Å². The summed E-state index contributed by atoms with van der Waals surface area (Å²) in [4.78, 5) is 11.1. The maximum Gasteiger partial charge on any atom is 0.339 e. The van der Waals surface area contributed by atoms with Crippen LogP contribution in [0.1, 0.15) is 10.4 Å². The Labute approximate surface area is 137 Å². The second-order valence-corrected chi connectivity index (χ2v) is 5.26. The maximum atomic E-state index is 11.1. The zero-order valence-electron chi connectivity index (χ0n) is 11.8. The van der Waals surface area contributed by atoms with Crippen LogP contribution in [0, 0.1) is 3.57 Å². The van der Waals surface area contributed by atoms with Crippen LogP contribution in [0.15, 0.2) is 18.2 Å². The Kier molecular flexibility index (Phi) is 9.31. The largest absolute Gasteiger partial charge is 0.490 e. The predicted octanol–water partition coefficient (Wildman–Crippen LogP) is 2.05. The molecule has 7 heteroatoms. The minimum absolute atomic E-state index is 0.157. The number of rotatable bonds is 11. The van der Waals surface area contributed by atoms with Crippen molar-refractivity contribution in [2.75, 3.05) is 46.8 Å². The number of hydrogen-bond acceptors (Lipinski definition) is 5. The first-order valence-electron chi connectivity index (χ1n) is 6.45. The van der Waals surface area contributed by atoms with Gasteiger partial charge in [-0.2, -0.15) is 0 Å². The van der Waals surface area contributed by atoms with Crippen LogP contribution in [-0.4, -0.2) is 57.8 Å². The number of carbonyl (C=O) groups is 1. The van der Waals surface area contributed by atoms with Crippen molar-refractivity contribution in [3.05, 3.63) is 27.3 Å². The summed E-state index contributed by atoms with van der Waals surface area (Å²) in [6.45, 7) is 2.73. The highest BCUT2D eigenvalue weighted by Gasteiger charge is 2.11. The zero-order chi connectivity index (χ0) is 15.5. The van der Waals surface area contributed by atoms with Gasteiger partial charge in [-0.05, 0) is 40.8 Å². The summed E-state index contributed by atoms with van der Waals surface area (Å²) in [7, 11) is 1.62. The van der Waals surface area contributed by atoms with Gasteiger partial charge >= 0.3 is 5.97 Å². The Hall–Kier alpha value is -0.900. The molecule has 1 aromatic rings. The summed E-state index contributed by atoms with van der Waals surface area (Å²) >= 11 is 2.06. The Bertz CT molecular complexity index is 437. The molecular weight excluding hydrogens is 391 g/mol. The average molecular weight is 410 g/mol. The van der Waals surface area contributed by atoms with Crippen molar-refractivity contribution in [1.82, 2.24) is 0 Å². The molecule has 0 radical (unpaired) electrons. The molecule has 0 unspecified atom stereocenters. The monoisotopic (exact) mass is 410 g/mol. The Morgan fingerprint density at radius 3 is 2.33 bits per heavy atom. The number of ether oxygens (including phenoxy) is 4. The van der Waals surface area contributed by atoms with Crippen LogP contribution < -0.4 is 4.74 Å². The van der Waals surface area contributed by atoms with Crippen LogP contribution in [0.5, 0.6) is 5.75 Å². The summed E-state index contributed by atoms with van der Waals surface area (Å²) < 4.78 is 21.7. The summed E-state index contributed by atoms with van der Waals surface area (Å²) in [6.07, 6.45) is 0. The van der Waals surface area contributed by atoms with Gasteiger partial charge in [-0.1, -0.05) is 0 Å². The molecule has 118 valence electrons. The van der Waals surface area contributed by atoms with Crippen molar-refractivity contribution >= 4 is 28.6 Å². The molecule has 0 spiro atoms. The number of carboxylic acid groups (broad SMARTS) is 1. The highest BCUT2D eigenvalue weighted by molar-refractivity contribution is 14.1. The highest BCUT2D eigenvalue weighted by Crippen LogP contribution is 2.21. The molecule has 1 N–H and O–H groups in total. The number of hydrogen-bond donors (Lipinski definition) is 1. The lowest BCUT2D eigenvalue weighted by atomic mass is 10.2. The lowest BCUT2D eigenvalue weighted by Crippen LogP contribution is -2.13. The van der Waals surface area contributed by atoms with Gasteiger partial charge < -0.3 is 24.1 Å². The standard InChI is InChI=1S/C14H19IO6/c1-18-4-5-19-6-7-20-8-9-21-13-3-2-11(15)10-12(13)14(16)17/h2-3,10H,4-9H2,1H3,(H,16,17). The van der Waals surface area contributed by atoms with Crippen molar-refractivity contribution in [1.29, 1.82) is 0 Å². The van der Waals surface area contributed by atoms with E-state index in [4.69, 9.17) is 24.1 Å². The molecule has 6 nitrogen and oxygen atoms in total. The fourth-order valence-corrected chi connectivity index (χ4v) is 1.96. The van der Waals surface area contributed by atoms with Gasteiger partial charge in [-0.15, -0.1) is 0 Å². The predicted molar refractivity (Wildman–Crippen MR) is 85.1 cm³/mol. The summed E-state index contributed by atoms with van der Waals surface area (Å²) in [5, 5.41) is 9.09. The lowest BCUT2D eigenvalue weighted by Gasteiger charge is -2.10. The number of halogens is 1. The first-order chi connectivity index (χ1) is 10.1. The van der Waals surface area contributed by atoms with Crippen LogP contribution in [0.4, 0.5) is 0 Å². The van der Waals surface area contributed by atoms with Crippen molar-refractivity contribution in [2.45, 2.75) is 0 Å². The first-order valence-corrected chi connectivity index (χ1v) is 7.53. The molecule has 0 heterocycles. The highest BCUT2D eigenvalue weighted by atomic mass is 127. The van der Waals surface area contributed by atoms with Gasteiger partial charge in [0.2, 0.25) is 0 Å². The minimum Gasteiger partial charge on any atom is -0.490 e. The van der Waals surface area contributed by atoms with Crippen LogP contribution in [0.3, 0.4) is 0 Å². The van der Waals surface area contributed by atoms with Crippen LogP contribution in [0.2, 0.25) is 0 Å². The van der Waals surface area contributed by atoms with E-state index in [2.05, 4.69) is 22.6 Å². The second-order valence-electron chi connectivity index (χ2n) is 4.01. The van der Waals surface area contributed by atoms with E-state index < -0.39 is 5.97 Å². The third-order valence-corrected chi connectivity index (χ3v) is 3.13. The summed E-state index contributed by atoms with van der Waals surface area (Å²) in [5.74, 6) is -0.654. The zero-order valence-corrected chi connectivity index (χ0v) is 14.0. The van der Waals surface area contributed by atoms with Gasteiger partial charge in [0, 0.05) is 10.7 Å². The van der Waals surface area contributed by atoms with E-state index in [1.165, 1.54) is 0 Å². The Balaban J connectivity index is 2.20. The molecule has 0 bridgehead atoms. The third-order valence-electron chi connectivity index (χ3n) is 2.46. The molecule has 0 saturated carbocycles. The first kappa shape index (κ1) is 18.1. The molecule has 0 atom stereocenters. The Morgan fingerprint density at radius 2 is 1.71 bits per heavy atom. The molecule has 0 aromatic heterocycles. The van der Waals surface area contributed by atoms with Crippen LogP contribution >= 0.6 is 22.6 Å². The van der Waals surface area contributed by atoms with Gasteiger partial charge in [-0.25, -0.2) is 4.79 Å². The maximum absolute atomic E-state index is 11.1. The fraction of sp³-hybridized carbons (Fsp3) is 0.500. The van der Waals surface area contributed by atoms with E-state index in [0.29, 0.717) is 45.4 Å². The molecular formula is C14H19IO6. The van der Waals surface area contributed by atoms with Crippen molar-refractivity contribution in [3.8, 4) is 5.75 Å². The van der Waals surface area contributed by atoms with Gasteiger partial charge in [0.25, 0.3) is 0 Å². The molecule has 21 heavy (non-hydrogen) atoms. The van der Waals surface area contributed by atoms with Crippen molar-refractivity contribution in [3.63, 3.8) is 0 Å². The normalized spacial score (nSPS) is 10.6. The number of methoxy groups -OCH3 is 1. The van der Waals surface area contributed by atoms with Gasteiger partial charge in [-0.3, -0.25) is 0 Å². The van der Waals surface area contributed by atoms with Crippen LogP contribution in [0.25, 0.3) is 0 Å². The molecule has 0 saturated heterocycles. The molecule has 1 rings (SSSR count). The van der Waals surface area contributed by atoms with E-state index in [1.807, 2.05) is 0 Å². The second kappa shape index (κ2) is 10.8. The number of aromatic carboxylic acids is 1. The lowest BCUT2D eigenvalue weighted by molar-refractivity contribution is 0.0178. The fourth-order valence-electron chi connectivity index (χ4n) is 1.47. The molecule has 0 fully saturated rings. The van der Waals surface area contributed by atoms with E-state index in [1.54, 1.807) is 25.3 Å². The van der Waals surface area contributed by atoms with E-state index >= 15 is 0 Å². The summed E-state index contributed by atoms with van der Waals surface area (Å²) in [6, 6.07) is 5.02. The number of carboxylic acids is 1. The molecule has 0 aliphatic rings. The van der Waals surface area contributed by atoms with Crippen molar-refractivity contribution in [2.24, 2.45) is 0 Å². The molecule has 1 aromatic carbocycles. The van der Waals surface area contributed by atoms with Gasteiger partial charge in [0.05, 0.1) is 33.0 Å². The molecule has 0 aliphatic carbocycles.